The molecule has 0 aliphatic heterocycles. The van der Waals surface area contributed by atoms with Crippen molar-refractivity contribution in [1.82, 2.24) is 0 Å². The van der Waals surface area contributed by atoms with Crippen molar-refractivity contribution in [2.45, 2.75) is 175 Å². The third-order valence-electron chi connectivity index (χ3n) is 9.89. The Morgan fingerprint density at radius 1 is 0.500 bits per heavy atom. The highest BCUT2D eigenvalue weighted by Crippen LogP contribution is 2.24. The number of ether oxygens (including phenoxy) is 6. The second-order valence-corrected chi connectivity index (χ2v) is 15.3. The molecule has 322 valence electrons. The van der Waals surface area contributed by atoms with Crippen LogP contribution in [0.3, 0.4) is 0 Å². The molecule has 0 heterocycles. The predicted octanol–water partition coefficient (Wildman–Crippen LogP) is 11.2. The summed E-state index contributed by atoms with van der Waals surface area (Å²) in [5, 5.41) is 0. The molecule has 0 aliphatic carbocycles. The maximum atomic E-state index is 12.4. The summed E-state index contributed by atoms with van der Waals surface area (Å²) in [6, 6.07) is 5.21. The van der Waals surface area contributed by atoms with Gasteiger partial charge in [0.1, 0.15) is 17.8 Å². The molecule has 0 radical (unpaired) electrons. The average Bonchev–Trinajstić information content (AvgIpc) is 3.19. The van der Waals surface area contributed by atoms with Crippen molar-refractivity contribution < 1.29 is 47.6 Å². The van der Waals surface area contributed by atoms with E-state index < -0.39 is 0 Å². The monoisotopic (exact) mass is 791 g/mol. The van der Waals surface area contributed by atoms with E-state index >= 15 is 0 Å². The zero-order valence-electron chi connectivity index (χ0n) is 35.8. The van der Waals surface area contributed by atoms with Crippen molar-refractivity contribution in [2.24, 2.45) is 11.8 Å². The van der Waals surface area contributed by atoms with Crippen LogP contribution in [-0.2, 0) is 33.3 Å². The number of benzene rings is 1. The second kappa shape index (κ2) is 36.2. The molecule has 0 N–H and O–H groups in total. The molecule has 0 spiro atoms. The zero-order valence-corrected chi connectivity index (χ0v) is 35.8. The van der Waals surface area contributed by atoms with E-state index in [1.807, 2.05) is 0 Å². The van der Waals surface area contributed by atoms with Crippen molar-refractivity contribution in [2.75, 3.05) is 46.8 Å². The van der Waals surface area contributed by atoms with E-state index in [1.165, 1.54) is 25.7 Å². The van der Waals surface area contributed by atoms with Crippen LogP contribution in [0.4, 0.5) is 0 Å². The van der Waals surface area contributed by atoms with Crippen molar-refractivity contribution in [1.29, 1.82) is 0 Å². The van der Waals surface area contributed by atoms with Gasteiger partial charge in [-0.1, -0.05) is 97.8 Å². The van der Waals surface area contributed by atoms with Crippen molar-refractivity contribution >= 4 is 24.2 Å². The molecule has 0 aliphatic rings. The molecule has 1 atom stereocenters. The van der Waals surface area contributed by atoms with Gasteiger partial charge in [0.05, 0.1) is 39.6 Å². The fourth-order valence-electron chi connectivity index (χ4n) is 6.41. The maximum absolute atomic E-state index is 12.4. The van der Waals surface area contributed by atoms with Crippen LogP contribution in [0.15, 0.2) is 18.2 Å². The minimum absolute atomic E-state index is 0.0774. The van der Waals surface area contributed by atoms with Gasteiger partial charge in [-0.2, -0.15) is 0 Å². The van der Waals surface area contributed by atoms with E-state index in [-0.39, 0.29) is 43.0 Å². The molecule has 0 saturated carbocycles. The molecular weight excluding hydrogens is 712 g/mol. The third-order valence-corrected chi connectivity index (χ3v) is 9.89. The predicted molar refractivity (Wildman–Crippen MR) is 222 cm³/mol. The summed E-state index contributed by atoms with van der Waals surface area (Å²) < 4.78 is 34.1. The van der Waals surface area contributed by atoms with Gasteiger partial charge in [0.2, 0.25) is 0 Å². The van der Waals surface area contributed by atoms with Crippen LogP contribution in [0.1, 0.15) is 185 Å². The summed E-state index contributed by atoms with van der Waals surface area (Å²) in [5.41, 5.74) is 0.476. The molecule has 0 fully saturated rings. The third kappa shape index (κ3) is 29.1. The highest BCUT2D eigenvalue weighted by molar-refractivity contribution is 5.76. The summed E-state index contributed by atoms with van der Waals surface area (Å²) in [6.07, 6.45) is 23.1. The van der Waals surface area contributed by atoms with Gasteiger partial charge in [-0.25, -0.2) is 0 Å². The molecule has 56 heavy (non-hydrogen) atoms. The first-order valence-electron chi connectivity index (χ1n) is 22.2. The average molecular weight is 791 g/mol. The summed E-state index contributed by atoms with van der Waals surface area (Å²) in [7, 11) is 1.66. The van der Waals surface area contributed by atoms with Crippen molar-refractivity contribution in [3.8, 4) is 11.5 Å². The molecule has 0 amide bonds. The fourth-order valence-corrected chi connectivity index (χ4v) is 6.41. The standard InChI is InChI=1S/C46H78O10/c1-5-8-11-14-17-26-44(48)54-36-39(35-51-4)24-20-22-29-52-42-31-41(34-47)32-43(33-42)53-30-23-21-25-40(37-55-45(49)27-18-15-12-9-6-2)38-56-46(50)28-19-16-13-10-7-3/h31-34,39-40H,5-30,35-38H2,1-4H3. The van der Waals surface area contributed by atoms with Crippen LogP contribution in [0, 0.1) is 11.8 Å². The molecule has 1 aromatic carbocycles. The summed E-state index contributed by atoms with van der Waals surface area (Å²) in [4.78, 5) is 48.6. The van der Waals surface area contributed by atoms with Gasteiger partial charge in [-0.15, -0.1) is 0 Å². The van der Waals surface area contributed by atoms with Gasteiger partial charge in [-0.05, 0) is 69.9 Å². The first-order chi connectivity index (χ1) is 27.3. The summed E-state index contributed by atoms with van der Waals surface area (Å²) in [6.45, 7) is 8.80. The highest BCUT2D eigenvalue weighted by atomic mass is 16.5. The Morgan fingerprint density at radius 3 is 1.23 bits per heavy atom. The number of carbonyl (C=O) groups is 4. The van der Waals surface area contributed by atoms with Crippen LogP contribution >= 0.6 is 0 Å². The molecule has 10 heteroatoms. The molecule has 1 unspecified atom stereocenters. The molecule has 1 aromatic rings. The summed E-state index contributed by atoms with van der Waals surface area (Å²) >= 11 is 0. The first-order valence-corrected chi connectivity index (χ1v) is 22.2. The second-order valence-electron chi connectivity index (χ2n) is 15.3. The largest absolute Gasteiger partial charge is 0.493 e. The number of hydrogen-bond donors (Lipinski definition) is 0. The van der Waals surface area contributed by atoms with Gasteiger partial charge in [0.25, 0.3) is 0 Å². The Kier molecular flexibility index (Phi) is 32.9. The number of hydrogen-bond acceptors (Lipinski definition) is 10. The number of esters is 3. The van der Waals surface area contributed by atoms with E-state index in [4.69, 9.17) is 28.4 Å². The SMILES string of the molecule is CCCCCCCC(=O)OCC(CCCCOc1cc(C=O)cc(OCCCCC(COC(=O)CCCCCCC)COC(=O)CCCCCCC)c1)COC. The van der Waals surface area contributed by atoms with E-state index in [1.54, 1.807) is 25.3 Å². The Labute approximate surface area is 339 Å². The zero-order chi connectivity index (χ0) is 40.9. The minimum atomic E-state index is -0.193. The highest BCUT2D eigenvalue weighted by Gasteiger charge is 2.16. The number of aldehydes is 1. The normalized spacial score (nSPS) is 11.7. The molecular formula is C46H78O10. The van der Waals surface area contributed by atoms with Crippen molar-refractivity contribution in [3.63, 3.8) is 0 Å². The van der Waals surface area contributed by atoms with Crippen LogP contribution in [0.25, 0.3) is 0 Å². The molecule has 0 saturated heterocycles. The lowest BCUT2D eigenvalue weighted by molar-refractivity contribution is -0.149. The smallest absolute Gasteiger partial charge is 0.305 e. The van der Waals surface area contributed by atoms with Gasteiger partial charge in [0, 0.05) is 49.8 Å². The van der Waals surface area contributed by atoms with Gasteiger partial charge in [0.15, 0.2) is 0 Å². The topological polar surface area (TPSA) is 124 Å². The number of methoxy groups -OCH3 is 1. The Hall–Kier alpha value is -3.14. The molecule has 10 nitrogen and oxygen atoms in total. The fraction of sp³-hybridized carbons (Fsp3) is 0.783. The van der Waals surface area contributed by atoms with E-state index in [0.717, 1.165) is 115 Å². The minimum Gasteiger partial charge on any atom is -0.493 e. The number of unbranched alkanes of at least 4 members (excludes halogenated alkanes) is 14. The Bertz CT molecular complexity index is 1110. The van der Waals surface area contributed by atoms with Crippen LogP contribution in [0.2, 0.25) is 0 Å². The van der Waals surface area contributed by atoms with E-state index in [0.29, 0.717) is 62.8 Å². The first kappa shape index (κ1) is 50.9. The summed E-state index contributed by atoms with van der Waals surface area (Å²) in [5.74, 6) is 0.679. The van der Waals surface area contributed by atoms with Crippen LogP contribution < -0.4 is 9.47 Å². The lowest BCUT2D eigenvalue weighted by Crippen LogP contribution is -2.21. The molecule has 0 aromatic heterocycles. The Balaban J connectivity index is 2.51. The van der Waals surface area contributed by atoms with Crippen molar-refractivity contribution in [3.05, 3.63) is 23.8 Å². The van der Waals surface area contributed by atoms with Crippen LogP contribution in [-0.4, -0.2) is 70.9 Å². The number of rotatable bonds is 39. The quantitative estimate of drug-likeness (QED) is 0.0275. The van der Waals surface area contributed by atoms with E-state index in [2.05, 4.69) is 20.8 Å². The lowest BCUT2D eigenvalue weighted by atomic mass is 10.0. The molecule has 0 bridgehead atoms. The molecule has 1 rings (SSSR count). The van der Waals surface area contributed by atoms with Gasteiger partial charge in [-0.3, -0.25) is 19.2 Å². The Morgan fingerprint density at radius 2 is 0.875 bits per heavy atom. The number of carbonyl (C=O) groups excluding carboxylic acids is 4. The van der Waals surface area contributed by atoms with Gasteiger partial charge >= 0.3 is 17.9 Å². The van der Waals surface area contributed by atoms with Crippen LogP contribution in [0.5, 0.6) is 11.5 Å². The maximum Gasteiger partial charge on any atom is 0.305 e. The van der Waals surface area contributed by atoms with Gasteiger partial charge < -0.3 is 28.4 Å². The lowest BCUT2D eigenvalue weighted by Gasteiger charge is -2.18. The van der Waals surface area contributed by atoms with E-state index in [9.17, 15) is 19.2 Å².